The first kappa shape index (κ1) is 14.3. The first-order valence-electron chi connectivity index (χ1n) is 8.08. The van der Waals surface area contributed by atoms with Crippen LogP contribution in [0.1, 0.15) is 65.2 Å². The van der Waals surface area contributed by atoms with Gasteiger partial charge in [0.15, 0.2) is 0 Å². The van der Waals surface area contributed by atoms with Crippen molar-refractivity contribution in [1.82, 2.24) is 5.32 Å². The Labute approximate surface area is 113 Å². The van der Waals surface area contributed by atoms with Crippen LogP contribution in [0.5, 0.6) is 0 Å². The summed E-state index contributed by atoms with van der Waals surface area (Å²) >= 11 is 0. The lowest BCUT2D eigenvalue weighted by atomic mass is 9.73. The molecule has 0 aliphatic heterocycles. The molecule has 0 amide bonds. The van der Waals surface area contributed by atoms with Crippen molar-refractivity contribution in [3.05, 3.63) is 0 Å². The van der Waals surface area contributed by atoms with E-state index in [1.54, 1.807) is 0 Å². The Balaban J connectivity index is 1.80. The fourth-order valence-electron chi connectivity index (χ4n) is 3.72. The van der Waals surface area contributed by atoms with E-state index in [1.807, 2.05) is 0 Å². The molecule has 0 saturated heterocycles. The number of hydrogen-bond acceptors (Lipinski definition) is 2. The van der Waals surface area contributed by atoms with E-state index in [4.69, 9.17) is 5.73 Å². The molecule has 2 unspecified atom stereocenters. The van der Waals surface area contributed by atoms with E-state index in [2.05, 4.69) is 19.2 Å². The fourth-order valence-corrected chi connectivity index (χ4v) is 3.72. The van der Waals surface area contributed by atoms with Gasteiger partial charge in [0, 0.05) is 12.1 Å². The molecule has 0 aromatic carbocycles. The van der Waals surface area contributed by atoms with Gasteiger partial charge >= 0.3 is 0 Å². The van der Waals surface area contributed by atoms with E-state index in [9.17, 15) is 0 Å². The number of rotatable bonds is 7. The molecular weight excluding hydrogens is 220 g/mol. The summed E-state index contributed by atoms with van der Waals surface area (Å²) in [5, 5.41) is 3.83. The van der Waals surface area contributed by atoms with Gasteiger partial charge in [0.2, 0.25) is 0 Å². The molecule has 18 heavy (non-hydrogen) atoms. The SMILES string of the molecule is CC(C)CC1CCCC(CN)(NCCC2CC2)C1. The molecule has 0 spiro atoms. The van der Waals surface area contributed by atoms with Gasteiger partial charge < -0.3 is 11.1 Å². The Morgan fingerprint density at radius 2 is 2.00 bits per heavy atom. The maximum Gasteiger partial charge on any atom is 0.0306 e. The van der Waals surface area contributed by atoms with E-state index in [0.717, 1.165) is 24.3 Å². The van der Waals surface area contributed by atoms with Gasteiger partial charge in [0.05, 0.1) is 0 Å². The average Bonchev–Trinajstić information content (AvgIpc) is 3.13. The maximum atomic E-state index is 6.10. The van der Waals surface area contributed by atoms with E-state index < -0.39 is 0 Å². The van der Waals surface area contributed by atoms with Crippen LogP contribution in [0.15, 0.2) is 0 Å². The molecule has 0 radical (unpaired) electrons. The topological polar surface area (TPSA) is 38.0 Å². The minimum Gasteiger partial charge on any atom is -0.329 e. The van der Waals surface area contributed by atoms with Crippen molar-refractivity contribution in [3.8, 4) is 0 Å². The third kappa shape index (κ3) is 4.24. The number of nitrogens with one attached hydrogen (secondary N) is 1. The summed E-state index contributed by atoms with van der Waals surface area (Å²) in [6.45, 7) is 6.71. The van der Waals surface area contributed by atoms with Gasteiger partial charge in [-0.2, -0.15) is 0 Å². The Hall–Kier alpha value is -0.0800. The van der Waals surface area contributed by atoms with Crippen LogP contribution in [0, 0.1) is 17.8 Å². The highest BCUT2D eigenvalue weighted by atomic mass is 15.0. The van der Waals surface area contributed by atoms with Crippen LogP contribution < -0.4 is 11.1 Å². The summed E-state index contributed by atoms with van der Waals surface area (Å²) in [5.74, 6) is 2.76. The van der Waals surface area contributed by atoms with Crippen LogP contribution in [0.25, 0.3) is 0 Å². The molecule has 2 nitrogen and oxygen atoms in total. The van der Waals surface area contributed by atoms with Crippen molar-refractivity contribution in [2.24, 2.45) is 23.5 Å². The number of hydrogen-bond donors (Lipinski definition) is 2. The second-order valence-electron chi connectivity index (χ2n) is 7.24. The summed E-state index contributed by atoms with van der Waals surface area (Å²) in [6.07, 6.45) is 11.1. The van der Waals surface area contributed by atoms with Crippen molar-refractivity contribution in [2.75, 3.05) is 13.1 Å². The molecule has 2 saturated carbocycles. The van der Waals surface area contributed by atoms with Gasteiger partial charge in [0.1, 0.15) is 0 Å². The maximum absolute atomic E-state index is 6.10. The zero-order chi connectivity index (χ0) is 13.0. The van der Waals surface area contributed by atoms with Crippen molar-refractivity contribution in [3.63, 3.8) is 0 Å². The molecule has 0 aromatic rings. The fraction of sp³-hybridized carbons (Fsp3) is 1.00. The summed E-state index contributed by atoms with van der Waals surface area (Å²) in [7, 11) is 0. The molecule has 3 N–H and O–H groups in total. The first-order chi connectivity index (χ1) is 8.63. The minimum atomic E-state index is 0.271. The van der Waals surface area contributed by atoms with Gasteiger partial charge in [-0.25, -0.2) is 0 Å². The standard InChI is InChI=1S/C16H32N2/c1-13(2)10-15-4-3-8-16(11-15,12-17)18-9-7-14-5-6-14/h13-15,18H,3-12,17H2,1-2H3. The van der Waals surface area contributed by atoms with Crippen LogP contribution in [0.3, 0.4) is 0 Å². The second-order valence-corrected chi connectivity index (χ2v) is 7.24. The van der Waals surface area contributed by atoms with Crippen LogP contribution in [0.4, 0.5) is 0 Å². The highest BCUT2D eigenvalue weighted by Crippen LogP contribution is 2.36. The molecule has 2 heteroatoms. The molecule has 106 valence electrons. The van der Waals surface area contributed by atoms with Crippen molar-refractivity contribution >= 4 is 0 Å². The monoisotopic (exact) mass is 252 g/mol. The van der Waals surface area contributed by atoms with Crippen molar-refractivity contribution < 1.29 is 0 Å². The van der Waals surface area contributed by atoms with Gasteiger partial charge in [0.25, 0.3) is 0 Å². The third-order valence-corrected chi connectivity index (χ3v) is 4.89. The van der Waals surface area contributed by atoms with Gasteiger partial charge in [-0.15, -0.1) is 0 Å². The molecule has 2 aliphatic carbocycles. The molecule has 0 aromatic heterocycles. The van der Waals surface area contributed by atoms with Gasteiger partial charge in [-0.3, -0.25) is 0 Å². The zero-order valence-electron chi connectivity index (χ0n) is 12.4. The minimum absolute atomic E-state index is 0.271. The summed E-state index contributed by atoms with van der Waals surface area (Å²) < 4.78 is 0. The lowest BCUT2D eigenvalue weighted by Gasteiger charge is -2.42. The highest BCUT2D eigenvalue weighted by Gasteiger charge is 2.35. The first-order valence-corrected chi connectivity index (χ1v) is 8.08. The Morgan fingerprint density at radius 3 is 2.61 bits per heavy atom. The molecule has 2 rings (SSSR count). The van der Waals surface area contributed by atoms with E-state index in [-0.39, 0.29) is 5.54 Å². The van der Waals surface area contributed by atoms with Crippen molar-refractivity contribution in [1.29, 1.82) is 0 Å². The highest BCUT2D eigenvalue weighted by molar-refractivity contribution is 4.95. The number of nitrogens with two attached hydrogens (primary N) is 1. The van der Waals surface area contributed by atoms with Gasteiger partial charge in [-0.05, 0) is 50.0 Å². The van der Waals surface area contributed by atoms with Gasteiger partial charge in [-0.1, -0.05) is 39.5 Å². The normalized spacial score (nSPS) is 33.0. The van der Waals surface area contributed by atoms with E-state index >= 15 is 0 Å². The Kier molecular flexibility index (Phi) is 5.08. The van der Waals surface area contributed by atoms with Crippen LogP contribution in [-0.4, -0.2) is 18.6 Å². The third-order valence-electron chi connectivity index (χ3n) is 4.89. The molecule has 2 aliphatic rings. The Bertz CT molecular complexity index is 247. The molecule has 0 bridgehead atoms. The summed E-state index contributed by atoms with van der Waals surface area (Å²) in [6, 6.07) is 0. The van der Waals surface area contributed by atoms with Crippen molar-refractivity contribution in [2.45, 2.75) is 70.8 Å². The smallest absolute Gasteiger partial charge is 0.0306 e. The van der Waals surface area contributed by atoms with E-state index in [1.165, 1.54) is 57.9 Å². The average molecular weight is 252 g/mol. The molecule has 0 heterocycles. The Morgan fingerprint density at radius 1 is 1.22 bits per heavy atom. The lowest BCUT2D eigenvalue weighted by Crippen LogP contribution is -2.54. The zero-order valence-corrected chi connectivity index (χ0v) is 12.4. The second kappa shape index (κ2) is 6.38. The lowest BCUT2D eigenvalue weighted by molar-refractivity contribution is 0.167. The van der Waals surface area contributed by atoms with Crippen LogP contribution >= 0.6 is 0 Å². The predicted octanol–water partition coefficient (Wildman–Crippen LogP) is 3.31. The molecular formula is C16H32N2. The van der Waals surface area contributed by atoms with Crippen LogP contribution in [-0.2, 0) is 0 Å². The quantitative estimate of drug-likeness (QED) is 0.729. The van der Waals surface area contributed by atoms with E-state index in [0.29, 0.717) is 0 Å². The summed E-state index contributed by atoms with van der Waals surface area (Å²) in [4.78, 5) is 0. The molecule has 2 fully saturated rings. The largest absolute Gasteiger partial charge is 0.329 e. The molecule has 2 atom stereocenters. The predicted molar refractivity (Wildman–Crippen MR) is 78.5 cm³/mol. The summed E-state index contributed by atoms with van der Waals surface area (Å²) in [5.41, 5.74) is 6.37. The van der Waals surface area contributed by atoms with Crippen LogP contribution in [0.2, 0.25) is 0 Å².